The van der Waals surface area contributed by atoms with Crippen molar-refractivity contribution in [3.8, 4) is 0 Å². The van der Waals surface area contributed by atoms with Crippen molar-refractivity contribution in [3.05, 3.63) is 47.7 Å². The average Bonchev–Trinajstić information content (AvgIpc) is 2.91. The lowest BCUT2D eigenvalue weighted by atomic mass is 10.3. The van der Waals surface area contributed by atoms with Gasteiger partial charge in [0, 0.05) is 32.9 Å². The van der Waals surface area contributed by atoms with Crippen LogP contribution in [0.25, 0.3) is 0 Å². The smallest absolute Gasteiger partial charge is 0.344 e. The van der Waals surface area contributed by atoms with Crippen LogP contribution in [0.3, 0.4) is 0 Å². The molecule has 0 aliphatic carbocycles. The van der Waals surface area contributed by atoms with Crippen LogP contribution in [-0.2, 0) is 0 Å². The number of likely N-dealkylation sites (N-methyl/N-ethyl adjacent to an activating group) is 2. The fraction of sp³-hybridized carbons (Fsp3) is 0.286. The summed E-state index contributed by atoms with van der Waals surface area (Å²) in [5, 5.41) is 4.35. The summed E-state index contributed by atoms with van der Waals surface area (Å²) < 4.78 is 1.24. The van der Waals surface area contributed by atoms with Crippen LogP contribution in [0.4, 0.5) is 10.5 Å². The number of rotatable bonds is 4. The van der Waals surface area contributed by atoms with Gasteiger partial charge >= 0.3 is 6.03 Å². The van der Waals surface area contributed by atoms with E-state index in [1.54, 1.807) is 11.9 Å². The highest BCUT2D eigenvalue weighted by atomic mass is 35.5. The number of carbonyl (C=O) groups is 1. The van der Waals surface area contributed by atoms with Crippen LogP contribution in [0.1, 0.15) is 0 Å². The van der Waals surface area contributed by atoms with E-state index in [0.717, 1.165) is 12.2 Å². The van der Waals surface area contributed by atoms with Crippen LogP contribution < -0.4 is 4.90 Å². The Bertz CT molecular complexity index is 570. The van der Waals surface area contributed by atoms with Crippen LogP contribution in [0, 0.1) is 0 Å². The molecule has 0 fully saturated rings. The second-order valence-electron chi connectivity index (χ2n) is 4.56. The molecule has 0 N–H and O–H groups in total. The van der Waals surface area contributed by atoms with Gasteiger partial charge in [0.1, 0.15) is 0 Å². The largest absolute Gasteiger partial charge is 0.373 e. The van der Waals surface area contributed by atoms with E-state index in [4.69, 9.17) is 11.6 Å². The first kappa shape index (κ1) is 14.4. The quantitative estimate of drug-likeness (QED) is 0.870. The summed E-state index contributed by atoms with van der Waals surface area (Å²) in [5.41, 5.74) is 1.12. The number of carbonyl (C=O) groups excluding carboxylic acids is 1. The summed E-state index contributed by atoms with van der Waals surface area (Å²) in [7, 11) is 3.75. The van der Waals surface area contributed by atoms with Crippen LogP contribution in [-0.4, -0.2) is 47.9 Å². The van der Waals surface area contributed by atoms with E-state index >= 15 is 0 Å². The summed E-state index contributed by atoms with van der Waals surface area (Å²) in [6, 6.07) is 9.84. The molecule has 1 amide bonds. The van der Waals surface area contributed by atoms with Gasteiger partial charge < -0.3 is 9.80 Å². The number of nitrogens with zero attached hydrogens (tertiary/aromatic N) is 4. The minimum atomic E-state index is -0.196. The zero-order valence-electron chi connectivity index (χ0n) is 11.5. The van der Waals surface area contributed by atoms with E-state index in [1.165, 1.54) is 17.1 Å². The predicted molar refractivity (Wildman–Crippen MR) is 80.4 cm³/mol. The molecule has 106 valence electrons. The van der Waals surface area contributed by atoms with Crippen molar-refractivity contribution in [3.63, 3.8) is 0 Å². The van der Waals surface area contributed by atoms with Crippen molar-refractivity contribution in [2.45, 2.75) is 0 Å². The number of amides is 1. The summed E-state index contributed by atoms with van der Waals surface area (Å²) in [6.45, 7) is 1.34. The molecule has 1 aromatic carbocycles. The van der Waals surface area contributed by atoms with Gasteiger partial charge in [0.25, 0.3) is 0 Å². The number of benzene rings is 1. The van der Waals surface area contributed by atoms with Crippen molar-refractivity contribution < 1.29 is 4.79 Å². The highest BCUT2D eigenvalue weighted by Gasteiger charge is 2.12. The van der Waals surface area contributed by atoms with Gasteiger partial charge in [0.05, 0.1) is 17.4 Å². The Hall–Kier alpha value is -2.01. The third kappa shape index (κ3) is 3.51. The molecule has 0 radical (unpaired) electrons. The third-order valence-electron chi connectivity index (χ3n) is 3.04. The maximum Gasteiger partial charge on any atom is 0.344 e. The fourth-order valence-electron chi connectivity index (χ4n) is 1.79. The molecule has 0 atom stereocenters. The molecule has 0 aliphatic rings. The summed E-state index contributed by atoms with van der Waals surface area (Å²) in [6.07, 6.45) is 2.95. The molecule has 2 rings (SSSR count). The van der Waals surface area contributed by atoms with E-state index in [2.05, 4.69) is 10.00 Å². The minimum Gasteiger partial charge on any atom is -0.373 e. The Morgan fingerprint density at radius 2 is 1.95 bits per heavy atom. The van der Waals surface area contributed by atoms with E-state index in [0.29, 0.717) is 11.6 Å². The molecule has 20 heavy (non-hydrogen) atoms. The molecule has 2 aromatic rings. The third-order valence-corrected chi connectivity index (χ3v) is 3.24. The standard InChI is InChI=1S/C14H17ClN4O/c1-17(13-6-4-3-5-7-13)8-9-18(2)14(20)19-11-12(15)10-16-19/h3-7,10-11H,8-9H2,1-2H3. The molecule has 0 saturated heterocycles. The van der Waals surface area contributed by atoms with Crippen LogP contribution in [0.2, 0.25) is 5.02 Å². The predicted octanol–water partition coefficient (Wildman–Crippen LogP) is 2.57. The molecular weight excluding hydrogens is 276 g/mol. The van der Waals surface area contributed by atoms with Crippen molar-refractivity contribution in [1.29, 1.82) is 0 Å². The van der Waals surface area contributed by atoms with Crippen LogP contribution in [0.5, 0.6) is 0 Å². The highest BCUT2D eigenvalue weighted by molar-refractivity contribution is 6.30. The fourth-order valence-corrected chi connectivity index (χ4v) is 1.92. The number of hydrogen-bond donors (Lipinski definition) is 0. The first-order valence-corrected chi connectivity index (χ1v) is 6.67. The van der Waals surface area contributed by atoms with E-state index in [9.17, 15) is 4.79 Å². The van der Waals surface area contributed by atoms with Crippen molar-refractivity contribution >= 4 is 23.3 Å². The summed E-state index contributed by atoms with van der Waals surface area (Å²) >= 11 is 5.75. The minimum absolute atomic E-state index is 0.196. The summed E-state index contributed by atoms with van der Waals surface area (Å²) in [5.74, 6) is 0. The molecule has 1 heterocycles. The van der Waals surface area contributed by atoms with Gasteiger partial charge in [-0.2, -0.15) is 9.78 Å². The Morgan fingerprint density at radius 3 is 2.55 bits per heavy atom. The van der Waals surface area contributed by atoms with E-state index < -0.39 is 0 Å². The van der Waals surface area contributed by atoms with E-state index in [1.807, 2.05) is 37.4 Å². The topological polar surface area (TPSA) is 41.4 Å². The molecule has 0 spiro atoms. The number of anilines is 1. The maximum atomic E-state index is 12.1. The second kappa shape index (κ2) is 6.43. The van der Waals surface area contributed by atoms with Gasteiger partial charge in [0.15, 0.2) is 0 Å². The van der Waals surface area contributed by atoms with E-state index in [-0.39, 0.29) is 6.03 Å². The Morgan fingerprint density at radius 1 is 1.25 bits per heavy atom. The molecule has 0 aliphatic heterocycles. The van der Waals surface area contributed by atoms with Gasteiger partial charge in [-0.25, -0.2) is 4.79 Å². The molecular formula is C14H17ClN4O. The van der Waals surface area contributed by atoms with Crippen molar-refractivity contribution in [2.24, 2.45) is 0 Å². The number of halogens is 1. The zero-order valence-corrected chi connectivity index (χ0v) is 12.3. The van der Waals surface area contributed by atoms with Gasteiger partial charge in [0.2, 0.25) is 0 Å². The van der Waals surface area contributed by atoms with Crippen molar-refractivity contribution in [2.75, 3.05) is 32.1 Å². The lowest BCUT2D eigenvalue weighted by Crippen LogP contribution is -2.37. The highest BCUT2D eigenvalue weighted by Crippen LogP contribution is 2.10. The lowest BCUT2D eigenvalue weighted by Gasteiger charge is -2.23. The Labute approximate surface area is 123 Å². The Kier molecular flexibility index (Phi) is 4.63. The van der Waals surface area contributed by atoms with Gasteiger partial charge in [-0.3, -0.25) is 0 Å². The van der Waals surface area contributed by atoms with Crippen molar-refractivity contribution in [1.82, 2.24) is 14.7 Å². The first-order valence-electron chi connectivity index (χ1n) is 6.30. The van der Waals surface area contributed by atoms with Gasteiger partial charge in [-0.15, -0.1) is 0 Å². The summed E-state index contributed by atoms with van der Waals surface area (Å²) in [4.78, 5) is 15.8. The normalized spacial score (nSPS) is 10.3. The van der Waals surface area contributed by atoms with Crippen LogP contribution in [0.15, 0.2) is 42.7 Å². The molecule has 5 nitrogen and oxygen atoms in total. The SMILES string of the molecule is CN(CCN(C)c1ccccc1)C(=O)n1cc(Cl)cn1. The zero-order chi connectivity index (χ0) is 14.5. The molecule has 0 saturated carbocycles. The molecule has 6 heteroatoms. The van der Waals surface area contributed by atoms with Gasteiger partial charge in [-0.05, 0) is 12.1 Å². The maximum absolute atomic E-state index is 12.1. The Balaban J connectivity index is 1.89. The van der Waals surface area contributed by atoms with Crippen LogP contribution >= 0.6 is 11.6 Å². The molecule has 1 aromatic heterocycles. The molecule has 0 unspecified atom stereocenters. The van der Waals surface area contributed by atoms with Gasteiger partial charge in [-0.1, -0.05) is 29.8 Å². The second-order valence-corrected chi connectivity index (χ2v) is 5.00. The molecule has 0 bridgehead atoms. The first-order chi connectivity index (χ1) is 9.58. The average molecular weight is 293 g/mol. The lowest BCUT2D eigenvalue weighted by molar-refractivity contribution is 0.208. The number of para-hydroxylation sites is 1. The number of aromatic nitrogens is 2. The number of hydrogen-bond acceptors (Lipinski definition) is 3. The monoisotopic (exact) mass is 292 g/mol.